The van der Waals surface area contributed by atoms with Crippen LogP contribution in [-0.2, 0) is 4.89 Å². The Kier molecular flexibility index (Phi) is 14.4. The van der Waals surface area contributed by atoms with Gasteiger partial charge in [-0.25, -0.2) is 4.89 Å². The fourth-order valence-electron chi connectivity index (χ4n) is 6.10. The molecule has 0 saturated carbocycles. The predicted octanol–water partition coefficient (Wildman–Crippen LogP) is 13.6. The van der Waals surface area contributed by atoms with Crippen LogP contribution in [0.2, 0.25) is 0 Å². The van der Waals surface area contributed by atoms with E-state index >= 15 is 0 Å². The third kappa shape index (κ3) is 9.66. The molecule has 2 atom stereocenters. The lowest BCUT2D eigenvalue weighted by atomic mass is 9.98. The normalized spacial score (nSPS) is 11.7. The SMILES string of the molecule is C.C.CCC(C)C(CCCOc1ccc(N(c2ccccc2)c2ccc(-c3ccc(N(c4ccccc4)c4ccccc4)cc3)cc2)cc1)OO. The summed E-state index contributed by atoms with van der Waals surface area (Å²) in [6.07, 6.45) is 2.36. The molecule has 6 rings (SSSR count). The van der Waals surface area contributed by atoms with E-state index in [0.29, 0.717) is 12.5 Å². The van der Waals surface area contributed by atoms with E-state index in [9.17, 15) is 5.26 Å². The lowest BCUT2D eigenvalue weighted by Gasteiger charge is -2.26. The summed E-state index contributed by atoms with van der Waals surface area (Å²) in [6.45, 7) is 4.76. The molecule has 2 unspecified atom stereocenters. The number of para-hydroxylation sites is 3. The number of benzene rings is 6. The zero-order valence-corrected chi connectivity index (χ0v) is 28.2. The van der Waals surface area contributed by atoms with Gasteiger partial charge in [0.25, 0.3) is 0 Å². The highest BCUT2D eigenvalue weighted by molar-refractivity contribution is 5.80. The van der Waals surface area contributed by atoms with Gasteiger partial charge < -0.3 is 14.5 Å². The molecule has 264 valence electrons. The number of hydrogen-bond acceptors (Lipinski definition) is 5. The molecule has 0 bridgehead atoms. The van der Waals surface area contributed by atoms with Gasteiger partial charge in [0.1, 0.15) is 5.75 Å². The Morgan fingerprint density at radius 1 is 0.510 bits per heavy atom. The Labute approximate surface area is 305 Å². The molecule has 0 aliphatic heterocycles. The van der Waals surface area contributed by atoms with Crippen molar-refractivity contribution in [2.45, 2.75) is 54.1 Å². The first-order valence-corrected chi connectivity index (χ1v) is 17.1. The van der Waals surface area contributed by atoms with E-state index in [-0.39, 0.29) is 21.0 Å². The summed E-state index contributed by atoms with van der Waals surface area (Å²) in [4.78, 5) is 9.22. The van der Waals surface area contributed by atoms with E-state index in [1.165, 1.54) is 0 Å². The van der Waals surface area contributed by atoms with Crippen molar-refractivity contribution in [3.05, 3.63) is 164 Å². The van der Waals surface area contributed by atoms with Crippen LogP contribution in [0.4, 0.5) is 34.1 Å². The standard InChI is InChI=1S/C44H44N2O3.2CH4/c1-3-34(2)44(49-47)20-13-33-48-43-31-29-42(30-32-43)46(39-18-11-6-12-19-39)41-27-23-36(24-28-41)35-21-25-40(26-22-35)45(37-14-7-4-8-15-37)38-16-9-5-10-17-38;;/h4-12,14-19,21-32,34,44,47H,3,13,20,33H2,1-2H3;2*1H4. The highest BCUT2D eigenvalue weighted by Crippen LogP contribution is 2.38. The molecule has 0 spiro atoms. The summed E-state index contributed by atoms with van der Waals surface area (Å²) in [6, 6.07) is 57.1. The van der Waals surface area contributed by atoms with Crippen molar-refractivity contribution in [2.75, 3.05) is 16.4 Å². The van der Waals surface area contributed by atoms with Gasteiger partial charge in [-0.3, -0.25) is 5.26 Å². The molecular weight excluding hydrogens is 629 g/mol. The van der Waals surface area contributed by atoms with E-state index in [2.05, 4.69) is 157 Å². The smallest absolute Gasteiger partial charge is 0.119 e. The monoisotopic (exact) mass is 680 g/mol. The van der Waals surface area contributed by atoms with Crippen LogP contribution in [0.3, 0.4) is 0 Å². The Morgan fingerprint density at radius 3 is 1.22 bits per heavy atom. The second-order valence-electron chi connectivity index (χ2n) is 12.3. The van der Waals surface area contributed by atoms with Gasteiger partial charge in [0.2, 0.25) is 0 Å². The molecule has 5 heteroatoms. The van der Waals surface area contributed by atoms with Gasteiger partial charge in [0, 0.05) is 34.1 Å². The minimum atomic E-state index is -0.161. The van der Waals surface area contributed by atoms with E-state index < -0.39 is 0 Å². The molecular formula is C46H52N2O3. The fourth-order valence-corrected chi connectivity index (χ4v) is 6.10. The molecule has 0 heterocycles. The van der Waals surface area contributed by atoms with Gasteiger partial charge in [0.15, 0.2) is 0 Å². The molecule has 6 aromatic carbocycles. The summed E-state index contributed by atoms with van der Waals surface area (Å²) >= 11 is 0. The largest absolute Gasteiger partial charge is 0.494 e. The summed E-state index contributed by atoms with van der Waals surface area (Å²) in [7, 11) is 0. The molecule has 0 aliphatic carbocycles. The maximum atomic E-state index is 9.24. The number of hydrogen-bond donors (Lipinski definition) is 1. The van der Waals surface area contributed by atoms with Crippen LogP contribution in [0.5, 0.6) is 5.75 Å². The van der Waals surface area contributed by atoms with Crippen molar-refractivity contribution < 1.29 is 14.9 Å². The lowest BCUT2D eigenvalue weighted by Crippen LogP contribution is -2.20. The third-order valence-electron chi connectivity index (χ3n) is 9.04. The van der Waals surface area contributed by atoms with Crippen LogP contribution in [0, 0.1) is 5.92 Å². The van der Waals surface area contributed by atoms with Crippen LogP contribution in [0.1, 0.15) is 48.0 Å². The predicted molar refractivity (Wildman–Crippen MR) is 216 cm³/mol. The van der Waals surface area contributed by atoms with Gasteiger partial charge in [-0.15, -0.1) is 0 Å². The minimum Gasteiger partial charge on any atom is -0.494 e. The molecule has 0 aromatic heterocycles. The summed E-state index contributed by atoms with van der Waals surface area (Å²) in [5.41, 5.74) is 8.85. The maximum Gasteiger partial charge on any atom is 0.119 e. The molecule has 5 nitrogen and oxygen atoms in total. The topological polar surface area (TPSA) is 45.2 Å². The number of ether oxygens (including phenoxy) is 1. The Morgan fingerprint density at radius 2 is 0.863 bits per heavy atom. The van der Waals surface area contributed by atoms with Crippen LogP contribution in [0.15, 0.2) is 164 Å². The minimum absolute atomic E-state index is 0. The highest BCUT2D eigenvalue weighted by Gasteiger charge is 2.17. The molecule has 0 aliphatic rings. The molecule has 1 N–H and O–H groups in total. The van der Waals surface area contributed by atoms with E-state index in [1.807, 2.05) is 30.3 Å². The van der Waals surface area contributed by atoms with E-state index in [4.69, 9.17) is 9.62 Å². The Balaban J connectivity index is 0.00000292. The van der Waals surface area contributed by atoms with E-state index in [0.717, 1.165) is 70.3 Å². The number of rotatable bonds is 15. The molecule has 51 heavy (non-hydrogen) atoms. The van der Waals surface area contributed by atoms with Crippen molar-refractivity contribution in [1.29, 1.82) is 0 Å². The summed E-state index contributed by atoms with van der Waals surface area (Å²) < 4.78 is 6.04. The molecule has 0 radical (unpaired) electrons. The van der Waals surface area contributed by atoms with Gasteiger partial charge in [-0.2, -0.15) is 0 Å². The summed E-state index contributed by atoms with van der Waals surface area (Å²) in [5.74, 6) is 1.12. The van der Waals surface area contributed by atoms with E-state index in [1.54, 1.807) is 0 Å². The van der Waals surface area contributed by atoms with Gasteiger partial charge in [-0.05, 0) is 115 Å². The zero-order chi connectivity index (χ0) is 33.8. The lowest BCUT2D eigenvalue weighted by molar-refractivity contribution is -0.290. The van der Waals surface area contributed by atoms with Crippen molar-refractivity contribution >= 4 is 34.1 Å². The zero-order valence-electron chi connectivity index (χ0n) is 28.2. The average molecular weight is 681 g/mol. The fraction of sp³-hybridized carbons (Fsp3) is 0.217. The van der Waals surface area contributed by atoms with Gasteiger partial charge in [-0.1, -0.05) is 114 Å². The van der Waals surface area contributed by atoms with Gasteiger partial charge >= 0.3 is 0 Å². The second-order valence-corrected chi connectivity index (χ2v) is 12.3. The van der Waals surface area contributed by atoms with Crippen molar-refractivity contribution in [1.82, 2.24) is 0 Å². The van der Waals surface area contributed by atoms with Crippen molar-refractivity contribution in [2.24, 2.45) is 5.92 Å². The first-order chi connectivity index (χ1) is 24.1. The summed E-state index contributed by atoms with van der Waals surface area (Å²) in [5, 5.41) is 9.24. The second kappa shape index (κ2) is 19.1. The number of anilines is 6. The molecule has 6 aromatic rings. The Bertz CT molecular complexity index is 1790. The quantitative estimate of drug-likeness (QED) is 0.0664. The van der Waals surface area contributed by atoms with Crippen molar-refractivity contribution in [3.8, 4) is 16.9 Å². The third-order valence-corrected chi connectivity index (χ3v) is 9.04. The van der Waals surface area contributed by atoms with Crippen LogP contribution in [-0.4, -0.2) is 18.0 Å². The van der Waals surface area contributed by atoms with Crippen LogP contribution >= 0.6 is 0 Å². The average Bonchev–Trinajstić information content (AvgIpc) is 3.17. The number of nitrogens with zero attached hydrogens (tertiary/aromatic N) is 2. The van der Waals surface area contributed by atoms with Crippen LogP contribution < -0.4 is 14.5 Å². The molecule has 0 saturated heterocycles. The highest BCUT2D eigenvalue weighted by atomic mass is 17.1. The first kappa shape index (κ1) is 38.4. The van der Waals surface area contributed by atoms with Gasteiger partial charge in [0.05, 0.1) is 12.7 Å². The Hall–Kier alpha value is -5.36. The maximum absolute atomic E-state index is 9.24. The molecule has 0 fully saturated rings. The van der Waals surface area contributed by atoms with Crippen molar-refractivity contribution in [3.63, 3.8) is 0 Å². The first-order valence-electron chi connectivity index (χ1n) is 17.1. The molecule has 0 amide bonds. The van der Waals surface area contributed by atoms with Crippen LogP contribution in [0.25, 0.3) is 11.1 Å².